The van der Waals surface area contributed by atoms with Gasteiger partial charge in [-0.1, -0.05) is 12.1 Å². The van der Waals surface area contributed by atoms with E-state index in [1.54, 1.807) is 0 Å². The number of anilines is 1. The van der Waals surface area contributed by atoms with Gasteiger partial charge in [0.2, 0.25) is 0 Å². The van der Waals surface area contributed by atoms with Crippen molar-refractivity contribution in [1.82, 2.24) is 4.90 Å². The fourth-order valence-electron chi connectivity index (χ4n) is 2.69. The summed E-state index contributed by atoms with van der Waals surface area (Å²) in [5.41, 5.74) is 1.81. The summed E-state index contributed by atoms with van der Waals surface area (Å²) in [5.74, 6) is 0.199. The molecule has 2 aliphatic heterocycles. The number of rotatable bonds is 0. The molecule has 0 bridgehead atoms. The van der Waals surface area contributed by atoms with Gasteiger partial charge in [-0.3, -0.25) is 4.79 Å². The van der Waals surface area contributed by atoms with Crippen molar-refractivity contribution in [3.63, 3.8) is 0 Å². The van der Waals surface area contributed by atoms with Crippen molar-refractivity contribution in [3.8, 4) is 0 Å². The molecule has 0 spiro atoms. The van der Waals surface area contributed by atoms with E-state index in [2.05, 4.69) is 5.32 Å². The van der Waals surface area contributed by atoms with E-state index in [0.29, 0.717) is 6.04 Å². The Balaban J connectivity index is 1.99. The Labute approximate surface area is 95.4 Å². The largest absolute Gasteiger partial charge is 0.382 e. The fourth-order valence-corrected chi connectivity index (χ4v) is 2.69. The maximum absolute atomic E-state index is 12.4. The number of carbonyl (C=O) groups excluding carboxylic acids is 1. The lowest BCUT2D eigenvalue weighted by Gasteiger charge is -2.34. The molecule has 0 aromatic heterocycles. The molecule has 3 nitrogen and oxygen atoms in total. The van der Waals surface area contributed by atoms with Crippen molar-refractivity contribution in [2.24, 2.45) is 0 Å². The zero-order valence-corrected chi connectivity index (χ0v) is 9.28. The number of nitrogens with one attached hydrogen (secondary N) is 1. The van der Waals surface area contributed by atoms with Crippen LogP contribution in [0, 0.1) is 0 Å². The minimum Gasteiger partial charge on any atom is -0.382 e. The number of hydrogen-bond acceptors (Lipinski definition) is 2. The predicted octanol–water partition coefficient (Wildman–Crippen LogP) is 2.11. The van der Waals surface area contributed by atoms with Crippen molar-refractivity contribution in [1.29, 1.82) is 0 Å². The van der Waals surface area contributed by atoms with Gasteiger partial charge >= 0.3 is 0 Å². The molecule has 16 heavy (non-hydrogen) atoms. The minimum atomic E-state index is 0.199. The van der Waals surface area contributed by atoms with Crippen molar-refractivity contribution in [3.05, 3.63) is 29.8 Å². The summed E-state index contributed by atoms with van der Waals surface area (Å²) < 4.78 is 0. The average Bonchev–Trinajstić information content (AvgIpc) is 2.49. The van der Waals surface area contributed by atoms with Crippen molar-refractivity contribution < 1.29 is 4.79 Å². The maximum Gasteiger partial charge on any atom is 0.256 e. The molecule has 0 saturated carbocycles. The molecule has 1 amide bonds. The number of fused-ring (bicyclic) bond motifs is 2. The number of hydrogen-bond donors (Lipinski definition) is 1. The summed E-state index contributed by atoms with van der Waals surface area (Å²) in [6.07, 6.45) is 3.52. The number of benzene rings is 1. The molecular formula is C13H16N2O. The van der Waals surface area contributed by atoms with Gasteiger partial charge in [0.1, 0.15) is 0 Å². The van der Waals surface area contributed by atoms with Crippen LogP contribution < -0.4 is 5.32 Å². The second-order valence-corrected chi connectivity index (χ2v) is 4.57. The third-order valence-corrected chi connectivity index (χ3v) is 3.57. The van der Waals surface area contributed by atoms with E-state index in [1.165, 1.54) is 6.42 Å². The third kappa shape index (κ3) is 1.47. The summed E-state index contributed by atoms with van der Waals surface area (Å²) in [4.78, 5) is 14.4. The molecule has 1 N–H and O–H groups in total. The normalized spacial score (nSPS) is 24.1. The molecule has 0 aliphatic carbocycles. The van der Waals surface area contributed by atoms with Crippen LogP contribution in [0.4, 0.5) is 5.69 Å². The first-order valence-electron chi connectivity index (χ1n) is 6.00. The molecule has 1 aromatic carbocycles. The second-order valence-electron chi connectivity index (χ2n) is 4.57. The van der Waals surface area contributed by atoms with Gasteiger partial charge in [-0.25, -0.2) is 0 Å². The van der Waals surface area contributed by atoms with Crippen LogP contribution >= 0.6 is 0 Å². The van der Waals surface area contributed by atoms with Crippen molar-refractivity contribution in [2.45, 2.75) is 25.3 Å². The van der Waals surface area contributed by atoms with Crippen LogP contribution in [0.2, 0.25) is 0 Å². The van der Waals surface area contributed by atoms with Gasteiger partial charge in [-0.05, 0) is 31.4 Å². The van der Waals surface area contributed by atoms with Gasteiger partial charge in [-0.2, -0.15) is 0 Å². The van der Waals surface area contributed by atoms with Crippen LogP contribution in [-0.2, 0) is 0 Å². The Morgan fingerprint density at radius 1 is 1.25 bits per heavy atom. The molecule has 2 heterocycles. The van der Waals surface area contributed by atoms with Gasteiger partial charge in [0, 0.05) is 24.8 Å². The van der Waals surface area contributed by atoms with Crippen LogP contribution in [0.3, 0.4) is 0 Å². The van der Waals surface area contributed by atoms with Crippen LogP contribution in [0.15, 0.2) is 24.3 Å². The Morgan fingerprint density at radius 3 is 3.06 bits per heavy atom. The number of piperidine rings is 1. The Kier molecular flexibility index (Phi) is 2.31. The van der Waals surface area contributed by atoms with E-state index in [1.807, 2.05) is 29.2 Å². The van der Waals surface area contributed by atoms with Crippen molar-refractivity contribution >= 4 is 11.6 Å². The maximum atomic E-state index is 12.4. The summed E-state index contributed by atoms with van der Waals surface area (Å²) in [6, 6.07) is 8.20. The summed E-state index contributed by atoms with van der Waals surface area (Å²) in [7, 11) is 0. The lowest BCUT2D eigenvalue weighted by molar-refractivity contribution is 0.0637. The lowest BCUT2D eigenvalue weighted by atomic mass is 10.0. The van der Waals surface area contributed by atoms with Crippen LogP contribution in [0.5, 0.6) is 0 Å². The van der Waals surface area contributed by atoms with Crippen LogP contribution in [0.25, 0.3) is 0 Å². The van der Waals surface area contributed by atoms with E-state index in [0.717, 1.165) is 37.2 Å². The van der Waals surface area contributed by atoms with E-state index in [4.69, 9.17) is 0 Å². The first-order valence-corrected chi connectivity index (χ1v) is 6.00. The number of carbonyl (C=O) groups is 1. The van der Waals surface area contributed by atoms with Crippen molar-refractivity contribution in [2.75, 3.05) is 18.4 Å². The molecule has 1 saturated heterocycles. The van der Waals surface area contributed by atoms with E-state index in [-0.39, 0.29) is 5.91 Å². The summed E-state index contributed by atoms with van der Waals surface area (Å²) >= 11 is 0. The number of amides is 1. The fraction of sp³-hybridized carbons (Fsp3) is 0.462. The third-order valence-electron chi connectivity index (χ3n) is 3.57. The SMILES string of the molecule is O=C1c2ccccc2NCC2CCCCN12. The molecule has 3 rings (SSSR count). The van der Waals surface area contributed by atoms with Gasteiger partial charge in [0.05, 0.1) is 5.56 Å². The number of para-hydroxylation sites is 1. The topological polar surface area (TPSA) is 32.3 Å². The first-order chi connectivity index (χ1) is 7.86. The highest BCUT2D eigenvalue weighted by Gasteiger charge is 2.30. The van der Waals surface area contributed by atoms with Crippen LogP contribution in [-0.4, -0.2) is 29.9 Å². The van der Waals surface area contributed by atoms with E-state index in [9.17, 15) is 4.79 Å². The Bertz CT molecular complexity index is 416. The molecule has 3 heteroatoms. The zero-order chi connectivity index (χ0) is 11.0. The standard InChI is InChI=1S/C13H16N2O/c16-13-11-6-1-2-7-12(11)14-9-10-5-3-4-8-15(10)13/h1-2,6-7,10,14H,3-5,8-9H2. The monoisotopic (exact) mass is 216 g/mol. The molecule has 0 radical (unpaired) electrons. The summed E-state index contributed by atoms with van der Waals surface area (Å²) in [5, 5.41) is 3.39. The van der Waals surface area contributed by atoms with E-state index >= 15 is 0 Å². The highest BCUT2D eigenvalue weighted by molar-refractivity contribution is 6.00. The average molecular weight is 216 g/mol. The zero-order valence-electron chi connectivity index (χ0n) is 9.28. The highest BCUT2D eigenvalue weighted by Crippen LogP contribution is 2.26. The molecule has 84 valence electrons. The van der Waals surface area contributed by atoms with Gasteiger partial charge in [0.15, 0.2) is 0 Å². The smallest absolute Gasteiger partial charge is 0.256 e. The Hall–Kier alpha value is -1.51. The molecule has 1 atom stereocenters. The Morgan fingerprint density at radius 2 is 2.12 bits per heavy atom. The predicted molar refractivity (Wildman–Crippen MR) is 63.6 cm³/mol. The second kappa shape index (κ2) is 3.81. The van der Waals surface area contributed by atoms with Gasteiger partial charge in [-0.15, -0.1) is 0 Å². The first kappa shape index (κ1) is 9.70. The molecule has 1 aromatic rings. The van der Waals surface area contributed by atoms with Gasteiger partial charge < -0.3 is 10.2 Å². The lowest BCUT2D eigenvalue weighted by Crippen LogP contribution is -2.45. The quantitative estimate of drug-likeness (QED) is 0.720. The van der Waals surface area contributed by atoms with E-state index < -0.39 is 0 Å². The van der Waals surface area contributed by atoms with Crippen LogP contribution in [0.1, 0.15) is 29.6 Å². The number of nitrogens with zero attached hydrogens (tertiary/aromatic N) is 1. The minimum absolute atomic E-state index is 0.199. The molecular weight excluding hydrogens is 200 g/mol. The molecule has 1 unspecified atom stereocenters. The summed E-state index contributed by atoms with van der Waals surface area (Å²) in [6.45, 7) is 1.81. The molecule has 2 aliphatic rings. The highest BCUT2D eigenvalue weighted by atomic mass is 16.2. The molecule has 1 fully saturated rings. The van der Waals surface area contributed by atoms with Gasteiger partial charge in [0.25, 0.3) is 5.91 Å².